The van der Waals surface area contributed by atoms with Crippen molar-refractivity contribution in [2.75, 3.05) is 13.6 Å². The van der Waals surface area contributed by atoms with Gasteiger partial charge in [0, 0.05) is 25.6 Å². The highest BCUT2D eigenvalue weighted by Gasteiger charge is 2.25. The molecule has 8 nitrogen and oxygen atoms in total. The van der Waals surface area contributed by atoms with E-state index in [2.05, 4.69) is 18.9 Å². The van der Waals surface area contributed by atoms with Gasteiger partial charge in [0.15, 0.2) is 5.82 Å². The van der Waals surface area contributed by atoms with Crippen LogP contribution in [0.2, 0.25) is 0 Å². The van der Waals surface area contributed by atoms with Crippen molar-refractivity contribution in [3.63, 3.8) is 0 Å². The van der Waals surface area contributed by atoms with Crippen LogP contribution in [0.25, 0.3) is 22.5 Å². The van der Waals surface area contributed by atoms with Crippen LogP contribution in [0, 0.1) is 6.92 Å². The topological polar surface area (TPSA) is 102 Å². The number of nitrogens with zero attached hydrogens (tertiary/aromatic N) is 5. The van der Waals surface area contributed by atoms with Crippen LogP contribution in [0.15, 0.2) is 51.9 Å². The van der Waals surface area contributed by atoms with Crippen LogP contribution in [0.1, 0.15) is 11.4 Å². The second-order valence-electron chi connectivity index (χ2n) is 6.30. The van der Waals surface area contributed by atoms with Crippen molar-refractivity contribution in [3.8, 4) is 11.5 Å². The molecule has 0 aliphatic carbocycles. The molecule has 0 radical (unpaired) electrons. The Labute approximate surface area is 166 Å². The molecule has 28 heavy (non-hydrogen) atoms. The first-order chi connectivity index (χ1) is 13.5. The fraction of sp³-hybridized carbons (Fsp3) is 0.222. The molecule has 0 fully saturated rings. The summed E-state index contributed by atoms with van der Waals surface area (Å²) in [4.78, 5) is 4.50. The lowest BCUT2D eigenvalue weighted by Crippen LogP contribution is -2.29. The van der Waals surface area contributed by atoms with Gasteiger partial charge in [0.2, 0.25) is 10.0 Å². The summed E-state index contributed by atoms with van der Waals surface area (Å²) in [6.07, 6.45) is 0.330. The van der Waals surface area contributed by atoms with Gasteiger partial charge in [-0.25, -0.2) is 12.7 Å². The minimum absolute atomic E-state index is 0.155. The highest BCUT2D eigenvalue weighted by Crippen LogP contribution is 2.26. The molecule has 0 aliphatic rings. The lowest BCUT2D eigenvalue weighted by atomic mass is 10.2. The summed E-state index contributed by atoms with van der Waals surface area (Å²) in [5.74, 6) is 0.861. The number of hydrogen-bond acceptors (Lipinski definition) is 8. The Balaban J connectivity index is 1.52. The van der Waals surface area contributed by atoms with Gasteiger partial charge in [-0.2, -0.15) is 13.7 Å². The maximum Gasteiger partial charge on any atom is 0.257 e. The van der Waals surface area contributed by atoms with Crippen molar-refractivity contribution in [2.45, 2.75) is 18.2 Å². The second kappa shape index (κ2) is 7.38. The first-order valence-electron chi connectivity index (χ1n) is 8.53. The monoisotopic (exact) mass is 415 g/mol. The highest BCUT2D eigenvalue weighted by molar-refractivity contribution is 7.89. The standard InChI is InChI=1S/C18H17N5O3S2/c1-12-8-9-14(17-16(12)21-27-22-17)28(24,25)23(2)11-10-15-19-18(26-20-15)13-6-4-3-5-7-13/h3-9H,10-11H2,1-2H3. The van der Waals surface area contributed by atoms with E-state index in [0.29, 0.717) is 29.2 Å². The average molecular weight is 416 g/mol. The molecule has 144 valence electrons. The summed E-state index contributed by atoms with van der Waals surface area (Å²) in [7, 11) is -2.19. The maximum absolute atomic E-state index is 13.0. The molecule has 0 bridgehead atoms. The third-order valence-electron chi connectivity index (χ3n) is 4.41. The van der Waals surface area contributed by atoms with E-state index in [1.807, 2.05) is 37.3 Å². The van der Waals surface area contributed by atoms with Crippen molar-refractivity contribution in [3.05, 3.63) is 53.9 Å². The van der Waals surface area contributed by atoms with Crippen LogP contribution in [-0.4, -0.2) is 45.2 Å². The van der Waals surface area contributed by atoms with Crippen molar-refractivity contribution in [1.29, 1.82) is 0 Å². The van der Waals surface area contributed by atoms with Crippen LogP contribution in [0.4, 0.5) is 0 Å². The molecule has 2 aromatic carbocycles. The Morgan fingerprint density at radius 1 is 1.07 bits per heavy atom. The van der Waals surface area contributed by atoms with E-state index in [-0.39, 0.29) is 11.4 Å². The summed E-state index contributed by atoms with van der Waals surface area (Å²) in [6.45, 7) is 2.09. The lowest BCUT2D eigenvalue weighted by molar-refractivity contribution is 0.415. The largest absolute Gasteiger partial charge is 0.334 e. The van der Waals surface area contributed by atoms with E-state index < -0.39 is 10.0 Å². The van der Waals surface area contributed by atoms with Crippen LogP contribution in [0.3, 0.4) is 0 Å². The minimum Gasteiger partial charge on any atom is -0.334 e. The molecule has 0 atom stereocenters. The van der Waals surface area contributed by atoms with Crippen molar-refractivity contribution in [1.82, 2.24) is 23.2 Å². The van der Waals surface area contributed by atoms with Crippen LogP contribution >= 0.6 is 11.7 Å². The zero-order valence-electron chi connectivity index (χ0n) is 15.2. The smallest absolute Gasteiger partial charge is 0.257 e. The van der Waals surface area contributed by atoms with Gasteiger partial charge in [0.05, 0.1) is 11.7 Å². The van der Waals surface area contributed by atoms with Gasteiger partial charge in [-0.05, 0) is 30.7 Å². The number of fused-ring (bicyclic) bond motifs is 1. The van der Waals surface area contributed by atoms with E-state index in [4.69, 9.17) is 4.52 Å². The molecule has 4 aromatic rings. The van der Waals surface area contributed by atoms with E-state index in [9.17, 15) is 8.42 Å². The van der Waals surface area contributed by atoms with Crippen LogP contribution in [-0.2, 0) is 16.4 Å². The number of aryl methyl sites for hydroxylation is 1. The first kappa shape index (κ1) is 18.7. The molecule has 2 heterocycles. The lowest BCUT2D eigenvalue weighted by Gasteiger charge is -2.16. The summed E-state index contributed by atoms with van der Waals surface area (Å²) in [5.41, 5.74) is 2.74. The van der Waals surface area contributed by atoms with Crippen LogP contribution in [0.5, 0.6) is 0 Å². The number of benzene rings is 2. The predicted octanol–water partition coefficient (Wildman–Crippen LogP) is 2.91. The predicted molar refractivity (Wildman–Crippen MR) is 105 cm³/mol. The second-order valence-corrected chi connectivity index (χ2v) is 8.84. The van der Waals surface area contributed by atoms with Crippen LogP contribution < -0.4 is 0 Å². The number of sulfonamides is 1. The molecule has 0 amide bonds. The molecule has 0 aliphatic heterocycles. The Bertz CT molecular complexity index is 1220. The summed E-state index contributed by atoms with van der Waals surface area (Å²) < 4.78 is 40.9. The molecular formula is C18H17N5O3S2. The molecule has 0 spiro atoms. The van der Waals surface area contributed by atoms with Gasteiger partial charge >= 0.3 is 0 Å². The number of rotatable bonds is 6. The Kier molecular flexibility index (Phi) is 4.92. The van der Waals surface area contributed by atoms with E-state index in [1.165, 1.54) is 11.4 Å². The molecule has 2 aromatic heterocycles. The molecule has 4 rings (SSSR count). The van der Waals surface area contributed by atoms with Gasteiger partial charge in [-0.15, -0.1) is 0 Å². The summed E-state index contributed by atoms with van der Waals surface area (Å²) >= 11 is 1.00. The van der Waals surface area contributed by atoms with Gasteiger partial charge in [0.25, 0.3) is 5.89 Å². The van der Waals surface area contributed by atoms with Crippen molar-refractivity contribution < 1.29 is 12.9 Å². The molecule has 0 N–H and O–H groups in total. The summed E-state index contributed by atoms with van der Waals surface area (Å²) in [6, 6.07) is 12.7. The fourth-order valence-corrected chi connectivity index (χ4v) is 4.75. The van der Waals surface area contributed by atoms with Gasteiger partial charge in [0.1, 0.15) is 15.9 Å². The minimum atomic E-state index is -3.72. The zero-order chi connectivity index (χ0) is 19.7. The molecule has 0 unspecified atom stereocenters. The average Bonchev–Trinajstić information content (AvgIpc) is 3.37. The van der Waals surface area contributed by atoms with E-state index in [0.717, 1.165) is 22.9 Å². The Morgan fingerprint density at radius 2 is 1.82 bits per heavy atom. The van der Waals surface area contributed by atoms with Gasteiger partial charge in [-0.3, -0.25) is 0 Å². The summed E-state index contributed by atoms with van der Waals surface area (Å²) in [5, 5.41) is 3.94. The third-order valence-corrected chi connectivity index (χ3v) is 6.82. The zero-order valence-corrected chi connectivity index (χ0v) is 16.9. The SMILES string of the molecule is Cc1ccc(S(=O)(=O)N(C)CCc2noc(-c3ccccc3)n2)c2nsnc12. The van der Waals surface area contributed by atoms with Gasteiger partial charge in [-0.1, -0.05) is 29.4 Å². The first-order valence-corrected chi connectivity index (χ1v) is 10.7. The van der Waals surface area contributed by atoms with Crippen molar-refractivity contribution >= 4 is 32.8 Å². The van der Waals surface area contributed by atoms with Crippen molar-refractivity contribution in [2.24, 2.45) is 0 Å². The molecule has 0 saturated heterocycles. The quantitative estimate of drug-likeness (QED) is 0.477. The number of hydrogen-bond donors (Lipinski definition) is 0. The molecular weight excluding hydrogens is 398 g/mol. The molecule has 0 saturated carbocycles. The van der Waals surface area contributed by atoms with Gasteiger partial charge < -0.3 is 4.52 Å². The normalized spacial score (nSPS) is 12.1. The number of likely N-dealkylation sites (N-methyl/N-ethyl adjacent to an activating group) is 1. The fourth-order valence-electron chi connectivity index (χ4n) is 2.77. The highest BCUT2D eigenvalue weighted by atomic mass is 32.2. The van der Waals surface area contributed by atoms with E-state index >= 15 is 0 Å². The third kappa shape index (κ3) is 3.41. The molecule has 10 heteroatoms. The van der Waals surface area contributed by atoms with E-state index in [1.54, 1.807) is 12.1 Å². The Hall–Kier alpha value is -2.69. The Morgan fingerprint density at radius 3 is 2.61 bits per heavy atom. The number of aromatic nitrogens is 4. The maximum atomic E-state index is 13.0.